The Morgan fingerprint density at radius 3 is 2.65 bits per heavy atom. The van der Waals surface area contributed by atoms with E-state index in [1.807, 2.05) is 12.1 Å². The van der Waals surface area contributed by atoms with E-state index in [1.165, 1.54) is 0 Å². The Bertz CT molecular complexity index is 781. The Balaban J connectivity index is 2.06. The van der Waals surface area contributed by atoms with Gasteiger partial charge in [0.2, 0.25) is 5.89 Å². The summed E-state index contributed by atoms with van der Waals surface area (Å²) in [5.74, 6) is 5.20. The molecule has 2 aromatic carbocycles. The van der Waals surface area contributed by atoms with E-state index < -0.39 is 0 Å². The molecule has 0 aliphatic heterocycles. The summed E-state index contributed by atoms with van der Waals surface area (Å²) in [5, 5.41) is 0.645. The molecular formula is C14H10ClN3O2. The summed E-state index contributed by atoms with van der Waals surface area (Å²) in [4.78, 5) is 15.8. The van der Waals surface area contributed by atoms with Gasteiger partial charge in [0.15, 0.2) is 5.58 Å². The highest BCUT2D eigenvalue weighted by atomic mass is 35.5. The molecule has 1 aromatic heterocycles. The third-order valence-corrected chi connectivity index (χ3v) is 3.12. The molecule has 0 saturated carbocycles. The molecule has 0 unspecified atom stereocenters. The van der Waals surface area contributed by atoms with E-state index in [0.29, 0.717) is 27.6 Å². The van der Waals surface area contributed by atoms with Crippen LogP contribution in [0.15, 0.2) is 46.9 Å². The topological polar surface area (TPSA) is 81.1 Å². The summed E-state index contributed by atoms with van der Waals surface area (Å²) < 4.78 is 5.65. The Morgan fingerprint density at radius 1 is 1.20 bits per heavy atom. The van der Waals surface area contributed by atoms with Crippen LogP contribution in [0.4, 0.5) is 0 Å². The number of hydrogen-bond acceptors (Lipinski definition) is 4. The zero-order valence-corrected chi connectivity index (χ0v) is 11.0. The SMILES string of the molecule is NNC(=O)c1ccc2nc(-c3ccc(Cl)cc3)oc2c1. The van der Waals surface area contributed by atoms with E-state index in [-0.39, 0.29) is 5.91 Å². The van der Waals surface area contributed by atoms with Crippen LogP contribution in [0.5, 0.6) is 0 Å². The van der Waals surface area contributed by atoms with Gasteiger partial charge in [0.25, 0.3) is 5.91 Å². The molecule has 0 bridgehead atoms. The third kappa shape index (κ3) is 2.24. The van der Waals surface area contributed by atoms with Crippen LogP contribution in [-0.4, -0.2) is 10.9 Å². The Hall–Kier alpha value is -2.37. The second-order valence-corrected chi connectivity index (χ2v) is 4.62. The fourth-order valence-electron chi connectivity index (χ4n) is 1.87. The molecule has 0 radical (unpaired) electrons. The molecule has 3 N–H and O–H groups in total. The zero-order valence-electron chi connectivity index (χ0n) is 10.3. The number of hydrogen-bond donors (Lipinski definition) is 2. The molecule has 0 saturated heterocycles. The lowest BCUT2D eigenvalue weighted by Gasteiger charge is -1.97. The van der Waals surface area contributed by atoms with Crippen LogP contribution in [0, 0.1) is 0 Å². The highest BCUT2D eigenvalue weighted by Gasteiger charge is 2.11. The summed E-state index contributed by atoms with van der Waals surface area (Å²) in [6.07, 6.45) is 0. The number of nitrogens with one attached hydrogen (secondary N) is 1. The number of amides is 1. The van der Waals surface area contributed by atoms with E-state index in [2.05, 4.69) is 10.4 Å². The number of nitrogen functional groups attached to an aromatic ring is 1. The smallest absolute Gasteiger partial charge is 0.265 e. The van der Waals surface area contributed by atoms with Crippen molar-refractivity contribution in [2.75, 3.05) is 0 Å². The van der Waals surface area contributed by atoms with Crippen LogP contribution in [0.25, 0.3) is 22.6 Å². The van der Waals surface area contributed by atoms with Crippen LogP contribution in [0.3, 0.4) is 0 Å². The summed E-state index contributed by atoms with van der Waals surface area (Å²) in [6.45, 7) is 0. The lowest BCUT2D eigenvalue weighted by molar-refractivity contribution is 0.0953. The first-order valence-corrected chi connectivity index (χ1v) is 6.22. The van der Waals surface area contributed by atoms with Gasteiger partial charge in [-0.1, -0.05) is 11.6 Å². The average Bonchev–Trinajstić information content (AvgIpc) is 2.90. The van der Waals surface area contributed by atoms with Crippen LogP contribution >= 0.6 is 11.6 Å². The van der Waals surface area contributed by atoms with Gasteiger partial charge < -0.3 is 4.42 Å². The van der Waals surface area contributed by atoms with Crippen LogP contribution in [0.1, 0.15) is 10.4 Å². The Morgan fingerprint density at radius 2 is 1.95 bits per heavy atom. The lowest BCUT2D eigenvalue weighted by Crippen LogP contribution is -2.29. The molecule has 0 atom stereocenters. The summed E-state index contributed by atoms with van der Waals surface area (Å²) in [7, 11) is 0. The van der Waals surface area contributed by atoms with E-state index in [9.17, 15) is 4.79 Å². The Labute approximate surface area is 119 Å². The predicted octanol–water partition coefficient (Wildman–Crippen LogP) is 2.75. The van der Waals surface area contributed by atoms with Crippen molar-refractivity contribution in [3.63, 3.8) is 0 Å². The number of aromatic nitrogens is 1. The number of benzene rings is 2. The quantitative estimate of drug-likeness (QED) is 0.431. The molecule has 0 spiro atoms. The molecule has 0 fully saturated rings. The van der Waals surface area contributed by atoms with Crippen LogP contribution in [-0.2, 0) is 0 Å². The standard InChI is InChI=1S/C14H10ClN3O2/c15-10-4-1-8(2-5-10)14-17-11-6-3-9(13(19)18-16)7-12(11)20-14/h1-7H,16H2,(H,18,19). The summed E-state index contributed by atoms with van der Waals surface area (Å²) in [5.41, 5.74) is 4.50. The van der Waals surface area contributed by atoms with Crippen molar-refractivity contribution < 1.29 is 9.21 Å². The van der Waals surface area contributed by atoms with Gasteiger partial charge in [0.1, 0.15) is 5.52 Å². The van der Waals surface area contributed by atoms with Gasteiger partial charge in [-0.15, -0.1) is 0 Å². The minimum atomic E-state index is -0.378. The molecule has 0 aliphatic carbocycles. The minimum absolute atomic E-state index is 0.378. The van der Waals surface area contributed by atoms with Crippen molar-refractivity contribution in [1.82, 2.24) is 10.4 Å². The number of nitrogens with zero attached hydrogens (tertiary/aromatic N) is 1. The highest BCUT2D eigenvalue weighted by Crippen LogP contribution is 2.25. The van der Waals surface area contributed by atoms with Gasteiger partial charge in [-0.3, -0.25) is 10.2 Å². The van der Waals surface area contributed by atoms with Crippen molar-refractivity contribution in [2.45, 2.75) is 0 Å². The van der Waals surface area contributed by atoms with Gasteiger partial charge in [0.05, 0.1) is 0 Å². The first kappa shape index (κ1) is 12.7. The minimum Gasteiger partial charge on any atom is -0.436 e. The van der Waals surface area contributed by atoms with Crippen molar-refractivity contribution >= 4 is 28.6 Å². The summed E-state index contributed by atoms with van der Waals surface area (Å²) >= 11 is 5.84. The number of carbonyl (C=O) groups is 1. The van der Waals surface area contributed by atoms with Gasteiger partial charge in [-0.25, -0.2) is 10.8 Å². The second kappa shape index (κ2) is 4.96. The van der Waals surface area contributed by atoms with Gasteiger partial charge in [-0.05, 0) is 42.5 Å². The maximum atomic E-state index is 11.5. The fraction of sp³-hybridized carbons (Fsp3) is 0. The molecule has 3 rings (SSSR count). The summed E-state index contributed by atoms with van der Waals surface area (Å²) in [6, 6.07) is 12.1. The first-order chi connectivity index (χ1) is 9.67. The molecule has 1 heterocycles. The molecule has 6 heteroatoms. The number of oxazole rings is 1. The number of halogens is 1. The molecular weight excluding hydrogens is 278 g/mol. The van der Waals surface area contributed by atoms with Crippen molar-refractivity contribution in [2.24, 2.45) is 5.84 Å². The van der Waals surface area contributed by atoms with Gasteiger partial charge in [-0.2, -0.15) is 0 Å². The van der Waals surface area contributed by atoms with Gasteiger partial charge >= 0.3 is 0 Å². The maximum Gasteiger partial charge on any atom is 0.265 e. The fourth-order valence-corrected chi connectivity index (χ4v) is 1.99. The van der Waals surface area contributed by atoms with Gasteiger partial charge in [0, 0.05) is 16.1 Å². The normalized spacial score (nSPS) is 10.7. The van der Waals surface area contributed by atoms with E-state index in [0.717, 1.165) is 5.56 Å². The maximum absolute atomic E-state index is 11.5. The average molecular weight is 288 g/mol. The number of nitrogens with two attached hydrogens (primary N) is 1. The van der Waals surface area contributed by atoms with E-state index in [4.69, 9.17) is 21.9 Å². The number of fused-ring (bicyclic) bond motifs is 1. The predicted molar refractivity (Wildman–Crippen MR) is 76.1 cm³/mol. The highest BCUT2D eigenvalue weighted by molar-refractivity contribution is 6.30. The number of carbonyl (C=O) groups excluding carboxylic acids is 1. The van der Waals surface area contributed by atoms with E-state index in [1.54, 1.807) is 30.3 Å². The third-order valence-electron chi connectivity index (χ3n) is 2.87. The molecule has 3 aromatic rings. The monoisotopic (exact) mass is 287 g/mol. The van der Waals surface area contributed by atoms with E-state index >= 15 is 0 Å². The molecule has 0 aliphatic rings. The zero-order chi connectivity index (χ0) is 14.1. The first-order valence-electron chi connectivity index (χ1n) is 5.85. The molecule has 100 valence electrons. The molecule has 1 amide bonds. The Kier molecular flexibility index (Phi) is 3.14. The lowest BCUT2D eigenvalue weighted by atomic mass is 10.2. The van der Waals surface area contributed by atoms with Crippen molar-refractivity contribution in [1.29, 1.82) is 0 Å². The van der Waals surface area contributed by atoms with Crippen LogP contribution in [0.2, 0.25) is 5.02 Å². The second-order valence-electron chi connectivity index (χ2n) is 4.18. The molecule has 20 heavy (non-hydrogen) atoms. The number of rotatable bonds is 2. The van der Waals surface area contributed by atoms with Crippen molar-refractivity contribution in [3.05, 3.63) is 53.1 Å². The number of hydrazine groups is 1. The van der Waals surface area contributed by atoms with Crippen molar-refractivity contribution in [3.8, 4) is 11.5 Å². The molecule has 5 nitrogen and oxygen atoms in total. The largest absolute Gasteiger partial charge is 0.436 e. The van der Waals surface area contributed by atoms with Crippen LogP contribution < -0.4 is 11.3 Å².